The molecule has 2 aliphatic rings. The summed E-state index contributed by atoms with van der Waals surface area (Å²) in [6.07, 6.45) is 0. The van der Waals surface area contributed by atoms with E-state index in [1.807, 2.05) is 0 Å². The predicted molar refractivity (Wildman–Crippen MR) is 207 cm³/mol. The molecule has 0 amide bonds. The first-order valence-corrected chi connectivity index (χ1v) is 21.3. The normalized spacial score (nSPS) is 12.2. The minimum absolute atomic E-state index is 0. The number of fused-ring (bicyclic) bond motifs is 20. The molecule has 62 heavy (non-hydrogen) atoms. The average Bonchev–Trinajstić information content (AvgIpc) is 3.91. The fraction of sp³-hybridized carbons (Fsp3) is 0. The van der Waals surface area contributed by atoms with E-state index < -0.39 is 45.0 Å². The zero-order valence-electron chi connectivity index (χ0n) is 32.3. The van der Waals surface area contributed by atoms with E-state index in [0.29, 0.717) is 21.9 Å². The molecule has 8 aromatic rings. The van der Waals surface area contributed by atoms with E-state index in [9.17, 15) is 44.0 Å². The van der Waals surface area contributed by atoms with Crippen molar-refractivity contribution >= 4 is 74.5 Å². The molecule has 2 aliphatic heterocycles. The second-order valence-electron chi connectivity index (χ2n) is 13.4. The van der Waals surface area contributed by atoms with Gasteiger partial charge in [-0.1, -0.05) is 30.3 Å². The molecule has 0 radical (unpaired) electrons. The van der Waals surface area contributed by atoms with Crippen LogP contribution < -0.4 is 93.8 Å². The van der Waals surface area contributed by atoms with Crippen molar-refractivity contribution in [3.8, 4) is 62.4 Å². The quantitative estimate of drug-likeness (QED) is 0.111. The minimum atomic E-state index is -4.95. The van der Waals surface area contributed by atoms with Gasteiger partial charge in [-0.05, 0) is 77.9 Å². The smallest absolute Gasteiger partial charge is 0.872 e. The van der Waals surface area contributed by atoms with Crippen LogP contribution in [-0.2, 0) is 30.4 Å². The Morgan fingerprint density at radius 1 is 0.435 bits per heavy atom. The van der Waals surface area contributed by atoms with E-state index in [0.717, 1.165) is 36.4 Å². The van der Waals surface area contributed by atoms with Crippen LogP contribution in [0.4, 0.5) is 0 Å². The van der Waals surface area contributed by atoms with Gasteiger partial charge >= 0.3 is 88.7 Å². The maximum atomic E-state index is 12.3. The first-order valence-electron chi connectivity index (χ1n) is 17.0. The molecule has 0 saturated carbocycles. The first kappa shape index (κ1) is 46.0. The number of nitrogens with zero attached hydrogens (tertiary/aromatic N) is 6. The van der Waals surface area contributed by atoms with Crippen LogP contribution in [0, 0.1) is 0 Å². The molecule has 3 N–H and O–H groups in total. The predicted octanol–water partition coefficient (Wildman–Crippen LogP) is -4.32. The van der Waals surface area contributed by atoms with Gasteiger partial charge in [-0.3, -0.25) is 4.55 Å². The van der Waals surface area contributed by atoms with Crippen molar-refractivity contribution in [1.82, 2.24) is 39.9 Å². The Hall–Kier alpha value is -4.01. The van der Waals surface area contributed by atoms with Crippen LogP contribution in [0.2, 0.25) is 0 Å². The van der Waals surface area contributed by atoms with Crippen LogP contribution in [0.15, 0.2) is 112 Å². The van der Waals surface area contributed by atoms with Crippen LogP contribution >= 0.6 is 0 Å². The van der Waals surface area contributed by atoms with Crippen molar-refractivity contribution < 1.29 is 133 Å². The molecule has 0 spiro atoms. The van der Waals surface area contributed by atoms with E-state index in [2.05, 4.69) is 24.9 Å². The van der Waals surface area contributed by atoms with Crippen LogP contribution in [0.5, 0.6) is 5.75 Å². The molecule has 0 unspecified atom stereocenters. The van der Waals surface area contributed by atoms with E-state index >= 15 is 0 Å². The van der Waals surface area contributed by atoms with Crippen molar-refractivity contribution in [3.63, 3.8) is 0 Å². The number of aromatic amines is 2. The van der Waals surface area contributed by atoms with E-state index in [-0.39, 0.29) is 173 Å². The maximum absolute atomic E-state index is 12.3. The molecule has 0 atom stereocenters. The third-order valence-corrected chi connectivity index (χ3v) is 12.3. The van der Waals surface area contributed by atoms with Crippen molar-refractivity contribution in [1.29, 1.82) is 0 Å². The summed E-state index contributed by atoms with van der Waals surface area (Å²) in [5, 5.41) is 13.6. The van der Waals surface area contributed by atoms with Crippen LogP contribution in [0.1, 0.15) is 0 Å². The molecule has 10 rings (SSSR count). The van der Waals surface area contributed by atoms with Gasteiger partial charge in [0.2, 0.25) is 0 Å². The largest absolute Gasteiger partial charge is 1.00 e. The third kappa shape index (κ3) is 8.17. The second-order valence-corrected chi connectivity index (χ2v) is 17.6. The summed E-state index contributed by atoms with van der Waals surface area (Å²) < 4.78 is 107. The molecule has 8 bridgehead atoms. The fourth-order valence-electron chi connectivity index (χ4n) is 7.06. The molecule has 0 saturated heterocycles. The van der Waals surface area contributed by atoms with Crippen molar-refractivity contribution in [2.75, 3.05) is 0 Å². The molecular weight excluding hydrogens is 894 g/mol. The topological polar surface area (TPSA) is 301 Å². The van der Waals surface area contributed by atoms with Gasteiger partial charge in [-0.2, -0.15) is 8.42 Å². The minimum Gasteiger partial charge on any atom is -0.872 e. The van der Waals surface area contributed by atoms with Gasteiger partial charge in [-0.15, -0.1) is 5.75 Å². The summed E-state index contributed by atoms with van der Waals surface area (Å²) >= 11 is 0. The molecule has 5 heterocycles. The standard InChI is InChI=1S/C38H22N8O10S3.3Na/c47-19-3-1-2-17(12-19)18-4-8-23-27(13-18)35-39-31(23)41-36-29-15-21(58(51,52)53)6-10-25(29)33(43-36)45-38-30-16-22(59(54,55)56)7-11-26(30)34(46-38)44-37-28-14-20(57(48,49)50)5-9-24(28)32(40-35)42-37;;;/h1-16,47H,(H,48,49,50)(H,51,52,53)(H,54,55,56)(H2,39,40,41,42,43,44,45,46);;;/q;3*+1/p-3. The molecule has 24 heteroatoms. The Labute approximate surface area is 416 Å². The number of hydrogen-bond acceptors (Lipinski definition) is 15. The summed E-state index contributed by atoms with van der Waals surface area (Å²) in [6.45, 7) is 0. The van der Waals surface area contributed by atoms with Gasteiger partial charge in [0.1, 0.15) is 42.8 Å². The summed E-state index contributed by atoms with van der Waals surface area (Å²) in [5.41, 5.74) is 2.36. The number of hydrogen-bond donors (Lipinski definition) is 3. The number of nitrogens with one attached hydrogen (secondary N) is 2. The number of benzene rings is 5. The Bertz CT molecular complexity index is 3720. The van der Waals surface area contributed by atoms with Gasteiger partial charge in [0, 0.05) is 43.8 Å². The molecular formula is C38H19N8Na3O10S3. The SMILES string of the molecule is O=S(=O)([O-])c1ccc2c(c1)-c1nc-2nc2[nH]c(nc3nc(nc4[nH]c(n1)c1ccc(-c5cccc([O-])c5)cc41)-c1ccc(S(=O)(=O)[O-])cc1-3)c1ccc(S(=O)(=O)O)cc21.[Na+].[Na+].[Na+]. The fourth-order valence-corrected chi connectivity index (χ4v) is 8.56. The monoisotopic (exact) mass is 912 g/mol. The van der Waals surface area contributed by atoms with Crippen LogP contribution in [-0.4, -0.2) is 78.8 Å². The van der Waals surface area contributed by atoms with E-state index in [1.54, 1.807) is 30.3 Å². The summed E-state index contributed by atoms with van der Waals surface area (Å²) in [7, 11) is -14.6. The number of rotatable bonds is 4. The molecule has 18 nitrogen and oxygen atoms in total. The Kier molecular flexibility index (Phi) is 12.3. The van der Waals surface area contributed by atoms with Crippen molar-refractivity contribution in [3.05, 3.63) is 97.1 Å². The number of aromatic nitrogens is 8. The molecule has 292 valence electrons. The van der Waals surface area contributed by atoms with E-state index in [1.165, 1.54) is 30.3 Å². The van der Waals surface area contributed by atoms with Crippen LogP contribution in [0.3, 0.4) is 0 Å². The number of H-pyrrole nitrogens is 2. The second kappa shape index (κ2) is 16.5. The van der Waals surface area contributed by atoms with Crippen molar-refractivity contribution in [2.24, 2.45) is 0 Å². The zero-order valence-corrected chi connectivity index (χ0v) is 40.7. The zero-order chi connectivity index (χ0) is 41.2. The Morgan fingerprint density at radius 3 is 1.32 bits per heavy atom. The molecule has 5 aromatic carbocycles. The van der Waals surface area contributed by atoms with Crippen molar-refractivity contribution in [2.45, 2.75) is 14.7 Å². The average molecular weight is 913 g/mol. The Balaban J connectivity index is 0.00000193. The molecule has 0 aliphatic carbocycles. The first-order chi connectivity index (χ1) is 28.0. The molecule has 0 fully saturated rings. The summed E-state index contributed by atoms with van der Waals surface area (Å²) in [4.78, 5) is 32.8. The maximum Gasteiger partial charge on any atom is 1.00 e. The van der Waals surface area contributed by atoms with Gasteiger partial charge in [0.25, 0.3) is 10.1 Å². The van der Waals surface area contributed by atoms with Gasteiger partial charge in [0.05, 0.1) is 14.7 Å². The van der Waals surface area contributed by atoms with Gasteiger partial charge in [0.15, 0.2) is 23.3 Å². The Morgan fingerprint density at radius 2 is 0.855 bits per heavy atom. The van der Waals surface area contributed by atoms with Gasteiger partial charge in [-0.25, -0.2) is 46.7 Å². The third-order valence-electron chi connectivity index (χ3n) is 9.79. The molecule has 3 aromatic heterocycles. The van der Waals surface area contributed by atoms with Gasteiger partial charge < -0.3 is 24.2 Å². The summed E-state index contributed by atoms with van der Waals surface area (Å²) in [6, 6.07) is 22.2. The summed E-state index contributed by atoms with van der Waals surface area (Å²) in [5.74, 6) is -0.393. The van der Waals surface area contributed by atoms with Crippen LogP contribution in [0.25, 0.3) is 101 Å². The van der Waals surface area contributed by atoms with E-state index in [4.69, 9.17) is 15.0 Å².